The van der Waals surface area contributed by atoms with Crippen LogP contribution in [0, 0.1) is 0 Å². The molecule has 0 rings (SSSR count). The first-order chi connectivity index (χ1) is 9.80. The van der Waals surface area contributed by atoms with Crippen molar-refractivity contribution in [2.75, 3.05) is 13.7 Å². The van der Waals surface area contributed by atoms with Gasteiger partial charge in [-0.1, -0.05) is 6.92 Å². The second-order valence-electron chi connectivity index (χ2n) is 4.47. The molecule has 0 N–H and O–H groups in total. The predicted octanol–water partition coefficient (Wildman–Crippen LogP) is 1.35. The summed E-state index contributed by atoms with van der Waals surface area (Å²) in [4.78, 5) is 34.0. The number of Topliss-reactive ketones (excluding diaryl/α,β-unsaturated/α-hetero) is 3. The van der Waals surface area contributed by atoms with E-state index >= 15 is 0 Å². The number of rotatable bonds is 13. The van der Waals surface area contributed by atoms with E-state index in [-0.39, 0.29) is 49.6 Å². The van der Waals surface area contributed by atoms with Gasteiger partial charge >= 0.3 is 10.4 Å². The number of hydrogen-bond acceptors (Lipinski definition) is 7. The molecular formula is C13H22O7S. The minimum Gasteiger partial charge on any atom is -0.300 e. The molecule has 0 saturated carbocycles. The largest absolute Gasteiger partial charge is 0.399 e. The highest BCUT2D eigenvalue weighted by molar-refractivity contribution is 7.81. The standard InChI is InChI=1S/C13H22O7S/c1-3-11(14)5-4-6-12(15)7-8-13(16)9-10-20-21(17,18)19-2/h3-10H2,1-2H3. The molecule has 0 aromatic rings. The lowest BCUT2D eigenvalue weighted by Crippen LogP contribution is -2.12. The number of carbonyl (C=O) groups is 3. The minimum absolute atomic E-state index is 0.0525. The molecule has 21 heavy (non-hydrogen) atoms. The molecule has 0 aromatic carbocycles. The van der Waals surface area contributed by atoms with Crippen LogP contribution in [0.3, 0.4) is 0 Å². The molecule has 122 valence electrons. The SMILES string of the molecule is CCC(=O)CCCC(=O)CCC(=O)CCOS(=O)(=O)OC. The van der Waals surface area contributed by atoms with Crippen molar-refractivity contribution in [2.24, 2.45) is 0 Å². The number of carbonyl (C=O) groups excluding carboxylic acids is 3. The van der Waals surface area contributed by atoms with Gasteiger partial charge in [-0.3, -0.25) is 18.6 Å². The van der Waals surface area contributed by atoms with Gasteiger partial charge in [0.1, 0.15) is 17.3 Å². The van der Waals surface area contributed by atoms with Crippen LogP contribution in [0.2, 0.25) is 0 Å². The lowest BCUT2D eigenvalue weighted by molar-refractivity contribution is -0.125. The molecule has 0 unspecified atom stereocenters. The Morgan fingerprint density at radius 3 is 1.90 bits per heavy atom. The molecule has 0 amide bonds. The Balaban J connectivity index is 3.73. The van der Waals surface area contributed by atoms with E-state index in [1.807, 2.05) is 0 Å². The fourth-order valence-electron chi connectivity index (χ4n) is 1.49. The van der Waals surface area contributed by atoms with E-state index in [4.69, 9.17) is 0 Å². The molecule has 0 aromatic heterocycles. The van der Waals surface area contributed by atoms with Crippen LogP contribution < -0.4 is 0 Å². The van der Waals surface area contributed by atoms with Crippen LogP contribution in [0.15, 0.2) is 0 Å². The summed E-state index contributed by atoms with van der Waals surface area (Å²) in [5.41, 5.74) is 0. The molecule has 0 heterocycles. The second kappa shape index (κ2) is 10.6. The molecule has 0 fully saturated rings. The Hall–Kier alpha value is -1.12. The van der Waals surface area contributed by atoms with E-state index in [0.29, 0.717) is 19.3 Å². The molecule has 0 aliphatic heterocycles. The van der Waals surface area contributed by atoms with E-state index < -0.39 is 10.4 Å². The smallest absolute Gasteiger partial charge is 0.300 e. The maximum absolute atomic E-state index is 11.5. The molecule has 0 aliphatic carbocycles. The van der Waals surface area contributed by atoms with Gasteiger partial charge in [0, 0.05) is 38.5 Å². The van der Waals surface area contributed by atoms with Crippen molar-refractivity contribution in [3.63, 3.8) is 0 Å². The lowest BCUT2D eigenvalue weighted by atomic mass is 10.0. The molecule has 0 radical (unpaired) electrons. The van der Waals surface area contributed by atoms with Crippen LogP contribution in [-0.2, 0) is 33.1 Å². The third-order valence-electron chi connectivity index (χ3n) is 2.80. The Morgan fingerprint density at radius 1 is 0.857 bits per heavy atom. The van der Waals surface area contributed by atoms with Gasteiger partial charge in [-0.2, -0.15) is 8.42 Å². The summed E-state index contributed by atoms with van der Waals surface area (Å²) in [6.45, 7) is 1.48. The molecule has 0 atom stereocenters. The molecule has 7 nitrogen and oxygen atoms in total. The minimum atomic E-state index is -4.02. The number of ketones is 3. The molecule has 0 bridgehead atoms. The summed E-state index contributed by atoms with van der Waals surface area (Å²) in [5, 5.41) is 0. The highest BCUT2D eigenvalue weighted by Gasteiger charge is 2.12. The van der Waals surface area contributed by atoms with Gasteiger partial charge in [-0.15, -0.1) is 0 Å². The Bertz CT molecular complexity index is 453. The first kappa shape index (κ1) is 19.9. The van der Waals surface area contributed by atoms with Crippen LogP contribution >= 0.6 is 0 Å². The van der Waals surface area contributed by atoms with Gasteiger partial charge in [0.05, 0.1) is 13.7 Å². The first-order valence-corrected chi connectivity index (χ1v) is 8.14. The normalized spacial score (nSPS) is 11.3. The second-order valence-corrected chi connectivity index (χ2v) is 5.86. The Labute approximate surface area is 125 Å². The summed E-state index contributed by atoms with van der Waals surface area (Å²) < 4.78 is 30.0. The maximum atomic E-state index is 11.5. The lowest BCUT2D eigenvalue weighted by Gasteiger charge is -2.03. The average Bonchev–Trinajstić information content (AvgIpc) is 2.44. The summed E-state index contributed by atoms with van der Waals surface area (Å²) in [7, 11) is -3.06. The third kappa shape index (κ3) is 11.2. The van der Waals surface area contributed by atoms with Gasteiger partial charge in [0.2, 0.25) is 0 Å². The van der Waals surface area contributed by atoms with Gasteiger partial charge in [-0.25, -0.2) is 4.18 Å². The van der Waals surface area contributed by atoms with E-state index in [2.05, 4.69) is 8.37 Å². The van der Waals surface area contributed by atoms with Gasteiger partial charge < -0.3 is 0 Å². The van der Waals surface area contributed by atoms with E-state index in [9.17, 15) is 22.8 Å². The van der Waals surface area contributed by atoms with Crippen molar-refractivity contribution >= 4 is 27.7 Å². The maximum Gasteiger partial charge on any atom is 0.399 e. The van der Waals surface area contributed by atoms with Gasteiger partial charge in [-0.05, 0) is 6.42 Å². The van der Waals surface area contributed by atoms with Crippen molar-refractivity contribution in [1.82, 2.24) is 0 Å². The zero-order valence-electron chi connectivity index (χ0n) is 12.4. The van der Waals surface area contributed by atoms with Crippen molar-refractivity contribution in [1.29, 1.82) is 0 Å². The first-order valence-electron chi connectivity index (χ1n) is 6.80. The summed E-state index contributed by atoms with van der Waals surface area (Å²) >= 11 is 0. The highest BCUT2D eigenvalue weighted by Crippen LogP contribution is 2.05. The van der Waals surface area contributed by atoms with Crippen LogP contribution in [0.25, 0.3) is 0 Å². The topological polar surface area (TPSA) is 104 Å². The molecule has 0 aliphatic rings. The average molecular weight is 322 g/mol. The van der Waals surface area contributed by atoms with Gasteiger partial charge in [0.25, 0.3) is 0 Å². The highest BCUT2D eigenvalue weighted by atomic mass is 32.3. The van der Waals surface area contributed by atoms with E-state index in [0.717, 1.165) is 7.11 Å². The van der Waals surface area contributed by atoms with Gasteiger partial charge in [0.15, 0.2) is 0 Å². The third-order valence-corrected chi connectivity index (χ3v) is 3.66. The molecule has 8 heteroatoms. The zero-order valence-corrected chi connectivity index (χ0v) is 13.2. The Kier molecular flexibility index (Phi) is 10.0. The number of hydrogen-bond donors (Lipinski definition) is 0. The van der Waals surface area contributed by atoms with Crippen molar-refractivity contribution in [3.05, 3.63) is 0 Å². The van der Waals surface area contributed by atoms with Crippen molar-refractivity contribution < 1.29 is 31.2 Å². The molecular weight excluding hydrogens is 300 g/mol. The zero-order chi connectivity index (χ0) is 16.3. The van der Waals surface area contributed by atoms with Crippen LogP contribution in [0.1, 0.15) is 51.9 Å². The fraction of sp³-hybridized carbons (Fsp3) is 0.769. The summed E-state index contributed by atoms with van der Waals surface area (Å²) in [6, 6.07) is 0. The van der Waals surface area contributed by atoms with E-state index in [1.165, 1.54) is 0 Å². The molecule has 0 spiro atoms. The predicted molar refractivity (Wildman–Crippen MR) is 74.9 cm³/mol. The Morgan fingerprint density at radius 2 is 1.38 bits per heavy atom. The van der Waals surface area contributed by atoms with Crippen molar-refractivity contribution in [3.8, 4) is 0 Å². The quantitative estimate of drug-likeness (QED) is 0.504. The summed E-state index contributed by atoms with van der Waals surface area (Å²) in [5.74, 6) is -0.202. The van der Waals surface area contributed by atoms with Crippen LogP contribution in [-0.4, -0.2) is 39.5 Å². The monoisotopic (exact) mass is 322 g/mol. The van der Waals surface area contributed by atoms with Crippen molar-refractivity contribution in [2.45, 2.75) is 51.9 Å². The van der Waals surface area contributed by atoms with E-state index in [1.54, 1.807) is 6.92 Å². The molecule has 0 saturated heterocycles. The van der Waals surface area contributed by atoms with Crippen LogP contribution in [0.5, 0.6) is 0 Å². The fourth-order valence-corrected chi connectivity index (χ4v) is 1.88. The van der Waals surface area contributed by atoms with Crippen LogP contribution in [0.4, 0.5) is 0 Å². The summed E-state index contributed by atoms with van der Waals surface area (Å²) in [6.07, 6.45) is 1.72.